The van der Waals surface area contributed by atoms with E-state index in [1.807, 2.05) is 0 Å². The summed E-state index contributed by atoms with van der Waals surface area (Å²) >= 11 is 0. The van der Waals surface area contributed by atoms with Gasteiger partial charge in [-0.05, 0) is 38.1 Å². The molecule has 1 nitrogen and oxygen atoms in total. The van der Waals surface area contributed by atoms with Gasteiger partial charge >= 0.3 is 0 Å². The molecular formula is C13H25N. The van der Waals surface area contributed by atoms with Crippen LogP contribution in [0, 0.1) is 5.92 Å². The molecule has 2 rings (SSSR count). The lowest BCUT2D eigenvalue weighted by atomic mass is 9.88. The molecule has 0 aliphatic heterocycles. The molecule has 1 N–H and O–H groups in total. The summed E-state index contributed by atoms with van der Waals surface area (Å²) in [7, 11) is 0. The largest absolute Gasteiger partial charge is 0.314 e. The van der Waals surface area contributed by atoms with Crippen molar-refractivity contribution in [2.45, 2.75) is 70.3 Å². The van der Waals surface area contributed by atoms with Gasteiger partial charge < -0.3 is 5.32 Å². The van der Waals surface area contributed by atoms with Crippen LogP contribution >= 0.6 is 0 Å². The van der Waals surface area contributed by atoms with E-state index >= 15 is 0 Å². The molecule has 0 bridgehead atoms. The van der Waals surface area contributed by atoms with Crippen molar-refractivity contribution in [3.8, 4) is 0 Å². The first-order valence-electron chi connectivity index (χ1n) is 6.68. The summed E-state index contributed by atoms with van der Waals surface area (Å²) in [4.78, 5) is 0. The van der Waals surface area contributed by atoms with Crippen molar-refractivity contribution in [3.05, 3.63) is 0 Å². The summed E-state index contributed by atoms with van der Waals surface area (Å²) in [5.74, 6) is 1.01. The Morgan fingerprint density at radius 2 is 1.29 bits per heavy atom. The van der Waals surface area contributed by atoms with Crippen molar-refractivity contribution in [1.82, 2.24) is 5.32 Å². The van der Waals surface area contributed by atoms with Crippen LogP contribution in [0.5, 0.6) is 0 Å². The van der Waals surface area contributed by atoms with Gasteiger partial charge in [0.25, 0.3) is 0 Å². The van der Waals surface area contributed by atoms with E-state index < -0.39 is 0 Å². The third kappa shape index (κ3) is 3.27. The van der Waals surface area contributed by atoms with Gasteiger partial charge in [0.2, 0.25) is 0 Å². The Kier molecular flexibility index (Phi) is 4.30. The molecule has 0 aromatic carbocycles. The van der Waals surface area contributed by atoms with Crippen LogP contribution in [-0.4, -0.2) is 12.6 Å². The Bertz CT molecular complexity index is 125. The number of hydrogen-bond acceptors (Lipinski definition) is 1. The minimum atomic E-state index is 0.866. The second-order valence-electron chi connectivity index (χ2n) is 5.25. The standard InChI is InChI=1S/C13H25N/c1-3-7-12(8-4-1)11-14-13-9-5-2-6-10-13/h12-14H,1-11H2. The normalized spacial score (nSPS) is 26.6. The molecule has 0 spiro atoms. The fourth-order valence-corrected chi connectivity index (χ4v) is 3.03. The van der Waals surface area contributed by atoms with Crippen molar-refractivity contribution in [2.24, 2.45) is 5.92 Å². The average molecular weight is 195 g/mol. The highest BCUT2D eigenvalue weighted by atomic mass is 14.9. The summed E-state index contributed by atoms with van der Waals surface area (Å²) in [6.07, 6.45) is 14.7. The van der Waals surface area contributed by atoms with E-state index in [2.05, 4.69) is 5.32 Å². The van der Waals surface area contributed by atoms with Crippen molar-refractivity contribution >= 4 is 0 Å². The summed E-state index contributed by atoms with van der Waals surface area (Å²) in [5.41, 5.74) is 0. The Labute approximate surface area is 88.7 Å². The summed E-state index contributed by atoms with van der Waals surface area (Å²) < 4.78 is 0. The Hall–Kier alpha value is -0.0400. The lowest BCUT2D eigenvalue weighted by Crippen LogP contribution is -2.35. The zero-order valence-electron chi connectivity index (χ0n) is 9.43. The molecule has 82 valence electrons. The van der Waals surface area contributed by atoms with E-state index in [1.165, 1.54) is 70.8 Å². The zero-order chi connectivity index (χ0) is 9.64. The van der Waals surface area contributed by atoms with Crippen LogP contribution in [0.25, 0.3) is 0 Å². The quantitative estimate of drug-likeness (QED) is 0.727. The third-order valence-electron chi connectivity index (χ3n) is 4.03. The fraction of sp³-hybridized carbons (Fsp3) is 1.00. The van der Waals surface area contributed by atoms with Crippen molar-refractivity contribution in [1.29, 1.82) is 0 Å². The molecule has 0 amide bonds. The SMILES string of the molecule is C1CCC(CNC2CCCCC2)CC1. The van der Waals surface area contributed by atoms with Crippen LogP contribution in [0.3, 0.4) is 0 Å². The lowest BCUT2D eigenvalue weighted by Gasteiger charge is -2.27. The molecule has 0 radical (unpaired) electrons. The molecule has 0 aromatic rings. The van der Waals surface area contributed by atoms with Crippen LogP contribution in [0.4, 0.5) is 0 Å². The molecule has 2 aliphatic rings. The van der Waals surface area contributed by atoms with Crippen molar-refractivity contribution < 1.29 is 0 Å². The maximum absolute atomic E-state index is 3.79. The average Bonchev–Trinajstić information content (AvgIpc) is 2.29. The predicted molar refractivity (Wildman–Crippen MR) is 61.5 cm³/mol. The van der Waals surface area contributed by atoms with Crippen LogP contribution in [0.2, 0.25) is 0 Å². The van der Waals surface area contributed by atoms with Gasteiger partial charge in [0.15, 0.2) is 0 Å². The van der Waals surface area contributed by atoms with E-state index in [4.69, 9.17) is 0 Å². The highest BCUT2D eigenvalue weighted by Crippen LogP contribution is 2.24. The first-order valence-corrected chi connectivity index (χ1v) is 6.68. The molecule has 1 heteroatoms. The maximum Gasteiger partial charge on any atom is 0.00671 e. The van der Waals surface area contributed by atoms with Crippen molar-refractivity contribution in [3.63, 3.8) is 0 Å². The van der Waals surface area contributed by atoms with Gasteiger partial charge in [-0.3, -0.25) is 0 Å². The van der Waals surface area contributed by atoms with E-state index in [0.29, 0.717) is 0 Å². The Morgan fingerprint density at radius 1 is 0.714 bits per heavy atom. The Morgan fingerprint density at radius 3 is 1.93 bits per heavy atom. The molecule has 0 heterocycles. The summed E-state index contributed by atoms with van der Waals surface area (Å²) in [6, 6.07) is 0.866. The molecule has 2 saturated carbocycles. The first-order chi connectivity index (χ1) is 6.95. The Balaban J connectivity index is 1.60. The van der Waals surface area contributed by atoms with Crippen LogP contribution in [-0.2, 0) is 0 Å². The van der Waals surface area contributed by atoms with Gasteiger partial charge in [0.1, 0.15) is 0 Å². The highest BCUT2D eigenvalue weighted by Gasteiger charge is 2.16. The molecule has 0 unspecified atom stereocenters. The highest BCUT2D eigenvalue weighted by molar-refractivity contribution is 4.75. The molecule has 14 heavy (non-hydrogen) atoms. The number of nitrogens with one attached hydrogen (secondary N) is 1. The minimum absolute atomic E-state index is 0.866. The molecule has 0 atom stereocenters. The third-order valence-corrected chi connectivity index (χ3v) is 4.03. The monoisotopic (exact) mass is 195 g/mol. The van der Waals surface area contributed by atoms with Gasteiger partial charge in [-0.2, -0.15) is 0 Å². The topological polar surface area (TPSA) is 12.0 Å². The molecule has 0 aromatic heterocycles. The van der Waals surface area contributed by atoms with E-state index in [-0.39, 0.29) is 0 Å². The molecule has 2 aliphatic carbocycles. The van der Waals surface area contributed by atoms with Crippen LogP contribution in [0.15, 0.2) is 0 Å². The van der Waals surface area contributed by atoms with E-state index in [0.717, 1.165) is 12.0 Å². The van der Waals surface area contributed by atoms with Crippen LogP contribution < -0.4 is 5.32 Å². The van der Waals surface area contributed by atoms with Crippen molar-refractivity contribution in [2.75, 3.05) is 6.54 Å². The zero-order valence-corrected chi connectivity index (χ0v) is 9.43. The van der Waals surface area contributed by atoms with E-state index in [1.54, 1.807) is 0 Å². The number of hydrogen-bond donors (Lipinski definition) is 1. The van der Waals surface area contributed by atoms with Crippen LogP contribution in [0.1, 0.15) is 64.2 Å². The maximum atomic E-state index is 3.79. The minimum Gasteiger partial charge on any atom is -0.314 e. The molecule has 2 fully saturated rings. The first kappa shape index (κ1) is 10.5. The predicted octanol–water partition coefficient (Wildman–Crippen LogP) is 3.49. The lowest BCUT2D eigenvalue weighted by molar-refractivity contribution is 0.300. The van der Waals surface area contributed by atoms with Gasteiger partial charge in [-0.25, -0.2) is 0 Å². The molecule has 0 saturated heterocycles. The second-order valence-corrected chi connectivity index (χ2v) is 5.25. The van der Waals surface area contributed by atoms with Gasteiger partial charge in [-0.15, -0.1) is 0 Å². The smallest absolute Gasteiger partial charge is 0.00671 e. The van der Waals surface area contributed by atoms with Gasteiger partial charge in [0, 0.05) is 6.04 Å². The number of rotatable bonds is 3. The molecular weight excluding hydrogens is 170 g/mol. The fourth-order valence-electron chi connectivity index (χ4n) is 3.03. The van der Waals surface area contributed by atoms with E-state index in [9.17, 15) is 0 Å². The van der Waals surface area contributed by atoms with Gasteiger partial charge in [0.05, 0.1) is 0 Å². The second kappa shape index (κ2) is 5.75. The van der Waals surface area contributed by atoms with Gasteiger partial charge in [-0.1, -0.05) is 38.5 Å². The summed E-state index contributed by atoms with van der Waals surface area (Å²) in [5, 5.41) is 3.79. The summed E-state index contributed by atoms with van der Waals surface area (Å²) in [6.45, 7) is 1.31.